The fourth-order valence-corrected chi connectivity index (χ4v) is 2.07. The summed E-state index contributed by atoms with van der Waals surface area (Å²) in [7, 11) is 0. The molecule has 8 nitrogen and oxygen atoms in total. The first-order chi connectivity index (χ1) is 9.99. The molecule has 1 fully saturated rings. The molecule has 1 aromatic carbocycles. The molecule has 1 unspecified atom stereocenters. The molecule has 1 aliphatic rings. The van der Waals surface area contributed by atoms with E-state index in [0.29, 0.717) is 37.6 Å². The fourth-order valence-electron chi connectivity index (χ4n) is 2.07. The van der Waals surface area contributed by atoms with Gasteiger partial charge in [-0.1, -0.05) is 0 Å². The molecule has 0 radical (unpaired) electrons. The summed E-state index contributed by atoms with van der Waals surface area (Å²) in [6.07, 6.45) is -0.161. The largest absolute Gasteiger partial charge is 0.478 e. The van der Waals surface area contributed by atoms with Crippen LogP contribution in [0.1, 0.15) is 15.9 Å². The van der Waals surface area contributed by atoms with Crippen LogP contribution in [0.5, 0.6) is 0 Å². The van der Waals surface area contributed by atoms with Gasteiger partial charge in [0.15, 0.2) is 0 Å². The number of hydrogen-bond acceptors (Lipinski definition) is 6. The average Bonchev–Trinajstić information content (AvgIpc) is 2.46. The molecule has 114 valence electrons. The second-order valence-corrected chi connectivity index (χ2v) is 4.68. The number of aromatic carboxylic acids is 1. The Morgan fingerprint density at radius 3 is 2.86 bits per heavy atom. The van der Waals surface area contributed by atoms with Crippen molar-refractivity contribution >= 4 is 17.3 Å². The van der Waals surface area contributed by atoms with E-state index in [1.165, 1.54) is 6.07 Å². The molecule has 1 saturated heterocycles. The van der Waals surface area contributed by atoms with Gasteiger partial charge in [0, 0.05) is 23.9 Å². The number of carboxylic acids is 1. The van der Waals surface area contributed by atoms with Crippen LogP contribution < -0.4 is 5.32 Å². The van der Waals surface area contributed by atoms with Gasteiger partial charge in [-0.25, -0.2) is 4.79 Å². The highest BCUT2D eigenvalue weighted by molar-refractivity contribution is 5.90. The van der Waals surface area contributed by atoms with Crippen molar-refractivity contribution in [1.82, 2.24) is 0 Å². The summed E-state index contributed by atoms with van der Waals surface area (Å²) in [5.41, 5.74) is 0.450. The van der Waals surface area contributed by atoms with E-state index < -0.39 is 10.9 Å². The van der Waals surface area contributed by atoms with Gasteiger partial charge in [-0.15, -0.1) is 0 Å². The molecule has 2 N–H and O–H groups in total. The van der Waals surface area contributed by atoms with E-state index in [4.69, 9.17) is 14.6 Å². The van der Waals surface area contributed by atoms with Crippen LogP contribution in [0, 0.1) is 17.0 Å². The zero-order chi connectivity index (χ0) is 15.4. The lowest BCUT2D eigenvalue weighted by Gasteiger charge is -2.24. The summed E-state index contributed by atoms with van der Waals surface area (Å²) in [6, 6.07) is 2.44. The first-order valence-electron chi connectivity index (χ1n) is 6.44. The zero-order valence-electron chi connectivity index (χ0n) is 11.5. The maximum Gasteiger partial charge on any atom is 0.336 e. The Hall–Kier alpha value is -2.19. The van der Waals surface area contributed by atoms with Crippen molar-refractivity contribution in [2.75, 3.05) is 31.7 Å². The van der Waals surface area contributed by atoms with Gasteiger partial charge in [0.1, 0.15) is 0 Å². The number of nitro benzene ring substituents is 1. The number of ether oxygens (including phenoxy) is 2. The van der Waals surface area contributed by atoms with Crippen LogP contribution in [-0.2, 0) is 9.47 Å². The van der Waals surface area contributed by atoms with Gasteiger partial charge in [0.2, 0.25) is 0 Å². The minimum Gasteiger partial charge on any atom is -0.478 e. The van der Waals surface area contributed by atoms with Gasteiger partial charge in [0.25, 0.3) is 5.69 Å². The molecule has 0 amide bonds. The molecular weight excluding hydrogens is 280 g/mol. The van der Waals surface area contributed by atoms with Crippen LogP contribution in [0.15, 0.2) is 12.1 Å². The van der Waals surface area contributed by atoms with Crippen LogP contribution in [-0.4, -0.2) is 48.5 Å². The van der Waals surface area contributed by atoms with Crippen molar-refractivity contribution in [1.29, 1.82) is 0 Å². The van der Waals surface area contributed by atoms with Crippen molar-refractivity contribution in [3.05, 3.63) is 33.4 Å². The molecular formula is C13H16N2O6. The quantitative estimate of drug-likeness (QED) is 0.624. The summed E-state index contributed by atoms with van der Waals surface area (Å²) in [4.78, 5) is 21.5. The third-order valence-corrected chi connectivity index (χ3v) is 3.23. The Kier molecular flexibility index (Phi) is 4.71. The average molecular weight is 296 g/mol. The van der Waals surface area contributed by atoms with E-state index in [0.717, 1.165) is 6.07 Å². The fraction of sp³-hybridized carbons (Fsp3) is 0.462. The number of benzene rings is 1. The van der Waals surface area contributed by atoms with Crippen molar-refractivity contribution in [2.45, 2.75) is 13.0 Å². The predicted molar refractivity (Wildman–Crippen MR) is 73.8 cm³/mol. The number of carboxylic acid groups (broad SMARTS) is 1. The number of anilines is 1. The zero-order valence-corrected chi connectivity index (χ0v) is 11.5. The van der Waals surface area contributed by atoms with Crippen LogP contribution in [0.3, 0.4) is 0 Å². The maximum absolute atomic E-state index is 11.1. The minimum absolute atomic E-state index is 0.129. The molecule has 0 saturated carbocycles. The molecule has 0 bridgehead atoms. The summed E-state index contributed by atoms with van der Waals surface area (Å²) >= 11 is 0. The van der Waals surface area contributed by atoms with Crippen molar-refractivity contribution in [3.63, 3.8) is 0 Å². The van der Waals surface area contributed by atoms with Gasteiger partial charge < -0.3 is 19.9 Å². The minimum atomic E-state index is -1.21. The van der Waals surface area contributed by atoms with Crippen molar-refractivity contribution < 1.29 is 24.3 Å². The monoisotopic (exact) mass is 296 g/mol. The smallest absolute Gasteiger partial charge is 0.336 e. The molecule has 1 heterocycles. The number of hydrogen-bond donors (Lipinski definition) is 2. The maximum atomic E-state index is 11.1. The van der Waals surface area contributed by atoms with E-state index >= 15 is 0 Å². The molecule has 8 heteroatoms. The van der Waals surface area contributed by atoms with Gasteiger partial charge in [-0.05, 0) is 13.0 Å². The van der Waals surface area contributed by atoms with Gasteiger partial charge in [-0.2, -0.15) is 0 Å². The first kappa shape index (κ1) is 15.2. The molecule has 0 aliphatic carbocycles. The van der Waals surface area contributed by atoms with Crippen LogP contribution in [0.2, 0.25) is 0 Å². The molecule has 1 aromatic rings. The number of nitrogens with zero attached hydrogens (tertiary/aromatic N) is 1. The highest BCUT2D eigenvalue weighted by Gasteiger charge is 2.20. The van der Waals surface area contributed by atoms with E-state index in [-0.39, 0.29) is 17.4 Å². The predicted octanol–water partition coefficient (Wildman–Crippen LogP) is 1.43. The van der Waals surface area contributed by atoms with Crippen LogP contribution >= 0.6 is 0 Å². The first-order valence-corrected chi connectivity index (χ1v) is 6.44. The Balaban J connectivity index is 2.20. The van der Waals surface area contributed by atoms with Crippen LogP contribution in [0.25, 0.3) is 0 Å². The topological polar surface area (TPSA) is 111 Å². The standard InChI is InChI=1S/C13H16N2O6/c1-8-11(14-6-10-7-20-2-3-21-10)4-9(13(16)17)5-12(8)15(18)19/h4-5,10,14H,2-3,6-7H2,1H3,(H,16,17). The highest BCUT2D eigenvalue weighted by atomic mass is 16.6. The summed E-state index contributed by atoms with van der Waals surface area (Å²) < 4.78 is 10.7. The molecule has 1 atom stereocenters. The third kappa shape index (κ3) is 3.67. The Bertz CT molecular complexity index is 554. The summed E-state index contributed by atoms with van der Waals surface area (Å²) in [6.45, 7) is 3.45. The lowest BCUT2D eigenvalue weighted by atomic mass is 10.1. The lowest BCUT2D eigenvalue weighted by Crippen LogP contribution is -2.34. The Labute approximate surface area is 120 Å². The molecule has 2 rings (SSSR count). The van der Waals surface area contributed by atoms with Gasteiger partial charge in [0.05, 0.1) is 36.4 Å². The summed E-state index contributed by atoms with van der Waals surface area (Å²) in [5, 5.41) is 23.0. The van der Waals surface area contributed by atoms with E-state index in [9.17, 15) is 14.9 Å². The van der Waals surface area contributed by atoms with E-state index in [1.807, 2.05) is 0 Å². The van der Waals surface area contributed by atoms with E-state index in [2.05, 4.69) is 5.32 Å². The third-order valence-electron chi connectivity index (χ3n) is 3.23. The number of nitro groups is 1. The molecule has 1 aliphatic heterocycles. The summed E-state index contributed by atoms with van der Waals surface area (Å²) in [5.74, 6) is -1.21. The van der Waals surface area contributed by atoms with Gasteiger partial charge in [-0.3, -0.25) is 10.1 Å². The molecule has 21 heavy (non-hydrogen) atoms. The molecule has 0 aromatic heterocycles. The highest BCUT2D eigenvalue weighted by Crippen LogP contribution is 2.28. The second kappa shape index (κ2) is 6.51. The number of carbonyl (C=O) groups is 1. The van der Waals surface area contributed by atoms with Gasteiger partial charge >= 0.3 is 5.97 Å². The van der Waals surface area contributed by atoms with Crippen LogP contribution in [0.4, 0.5) is 11.4 Å². The van der Waals surface area contributed by atoms with E-state index in [1.54, 1.807) is 6.92 Å². The lowest BCUT2D eigenvalue weighted by molar-refractivity contribution is -0.385. The second-order valence-electron chi connectivity index (χ2n) is 4.68. The Morgan fingerprint density at radius 2 is 2.29 bits per heavy atom. The normalized spacial score (nSPS) is 18.2. The number of rotatable bonds is 5. The van der Waals surface area contributed by atoms with Crippen molar-refractivity contribution in [2.24, 2.45) is 0 Å². The number of nitrogens with one attached hydrogen (secondary N) is 1. The molecule has 0 spiro atoms. The van der Waals surface area contributed by atoms with Crippen molar-refractivity contribution in [3.8, 4) is 0 Å². The Morgan fingerprint density at radius 1 is 1.52 bits per heavy atom. The SMILES string of the molecule is Cc1c(NCC2COCCO2)cc(C(=O)O)cc1[N+](=O)[O-].